The van der Waals surface area contributed by atoms with Crippen molar-refractivity contribution >= 4 is 40.1 Å². The molecule has 6 heterocycles. The maximum atomic E-state index is 13.2. The lowest BCUT2D eigenvalue weighted by molar-refractivity contribution is -0.117. The van der Waals surface area contributed by atoms with Crippen LogP contribution in [0.4, 0.5) is 23.3 Å². The molecule has 2 atom stereocenters. The molecule has 0 aliphatic carbocycles. The number of aromatic amines is 1. The summed E-state index contributed by atoms with van der Waals surface area (Å²) in [6, 6.07) is 9.60. The number of aliphatic hydroxyl groups excluding tert-OH is 1. The van der Waals surface area contributed by atoms with Crippen LogP contribution < -0.4 is 20.3 Å². The van der Waals surface area contributed by atoms with Crippen LogP contribution in [0.25, 0.3) is 22.2 Å². The number of ether oxygens (including phenoxy) is 1. The van der Waals surface area contributed by atoms with Crippen LogP contribution in [0, 0.1) is 13.8 Å². The molecule has 46 heavy (non-hydrogen) atoms. The van der Waals surface area contributed by atoms with Crippen LogP contribution in [0.15, 0.2) is 49.1 Å². The van der Waals surface area contributed by atoms with Crippen LogP contribution in [0.3, 0.4) is 0 Å². The molecule has 1 amide bonds. The molecule has 0 spiro atoms. The van der Waals surface area contributed by atoms with Gasteiger partial charge in [-0.05, 0) is 38.3 Å². The molecule has 7 rings (SSSR count). The Balaban J connectivity index is 0.992. The zero-order valence-electron chi connectivity index (χ0n) is 26.1. The van der Waals surface area contributed by atoms with Gasteiger partial charge in [0.05, 0.1) is 29.5 Å². The molecular formula is C32H37N11O3. The van der Waals surface area contributed by atoms with Crippen molar-refractivity contribution in [3.8, 4) is 17.1 Å². The third-order valence-electron chi connectivity index (χ3n) is 8.57. The van der Waals surface area contributed by atoms with Gasteiger partial charge >= 0.3 is 0 Å². The molecule has 2 saturated heterocycles. The summed E-state index contributed by atoms with van der Waals surface area (Å²) in [5.41, 5.74) is 5.19. The first-order valence-electron chi connectivity index (χ1n) is 15.4. The van der Waals surface area contributed by atoms with Gasteiger partial charge in [-0.15, -0.1) is 0 Å². The van der Waals surface area contributed by atoms with Crippen molar-refractivity contribution in [1.82, 2.24) is 39.6 Å². The number of H-pyrrole nitrogens is 1. The molecular weight excluding hydrogens is 586 g/mol. The monoisotopic (exact) mass is 623 g/mol. The number of nitrogens with zero attached hydrogens (tertiary/aromatic N) is 8. The largest absolute Gasteiger partial charge is 0.473 e. The lowest BCUT2D eigenvalue weighted by atomic mass is 10.1. The highest BCUT2D eigenvalue weighted by Crippen LogP contribution is 2.33. The Hall–Kier alpha value is -5.08. The number of rotatable bonds is 9. The van der Waals surface area contributed by atoms with Crippen molar-refractivity contribution in [3.05, 3.63) is 60.3 Å². The van der Waals surface area contributed by atoms with Gasteiger partial charge in [0.1, 0.15) is 18.2 Å². The van der Waals surface area contributed by atoms with E-state index in [0.717, 1.165) is 65.2 Å². The molecule has 1 aromatic carbocycles. The Morgan fingerprint density at radius 3 is 2.83 bits per heavy atom. The maximum absolute atomic E-state index is 13.2. The Morgan fingerprint density at radius 2 is 2.02 bits per heavy atom. The number of anilines is 4. The van der Waals surface area contributed by atoms with E-state index in [1.807, 2.05) is 62.3 Å². The number of likely N-dealkylation sites (tertiary alicyclic amines) is 1. The molecule has 0 saturated carbocycles. The first kappa shape index (κ1) is 29.6. The SMILES string of the molecule is Cc1cnc(Nc2cc(C)n(C)n2)nc1-c1c[nH]c2c(NC(=O)CN3CC[C@H](Oc4cc(N5CC[C@@H](O)C5)ncn4)C3)cccc12. The average Bonchev–Trinajstić information content (AvgIpc) is 3.83. The Bertz CT molecular complexity index is 1870. The number of para-hydroxylation sites is 1. The minimum absolute atomic E-state index is 0.0775. The van der Waals surface area contributed by atoms with E-state index in [1.54, 1.807) is 10.9 Å². The lowest BCUT2D eigenvalue weighted by Gasteiger charge is -2.19. The summed E-state index contributed by atoms with van der Waals surface area (Å²) in [4.78, 5) is 38.5. The molecule has 4 N–H and O–H groups in total. The fourth-order valence-electron chi connectivity index (χ4n) is 6.08. The van der Waals surface area contributed by atoms with Crippen LogP contribution in [0.5, 0.6) is 5.88 Å². The predicted molar refractivity (Wildman–Crippen MR) is 174 cm³/mol. The molecule has 238 valence electrons. The molecule has 2 aliphatic rings. The molecule has 14 heteroatoms. The van der Waals surface area contributed by atoms with Gasteiger partial charge in [-0.1, -0.05) is 12.1 Å². The topological polar surface area (TPSA) is 162 Å². The highest BCUT2D eigenvalue weighted by Gasteiger charge is 2.27. The maximum Gasteiger partial charge on any atom is 0.238 e. The fraction of sp³-hybridized carbons (Fsp3) is 0.375. The summed E-state index contributed by atoms with van der Waals surface area (Å²) in [7, 11) is 1.89. The minimum atomic E-state index is -0.333. The first-order valence-corrected chi connectivity index (χ1v) is 15.4. The summed E-state index contributed by atoms with van der Waals surface area (Å²) < 4.78 is 7.95. The van der Waals surface area contributed by atoms with Crippen LogP contribution in [-0.4, -0.2) is 95.5 Å². The number of hydrogen-bond donors (Lipinski definition) is 4. The van der Waals surface area contributed by atoms with Crippen molar-refractivity contribution < 1.29 is 14.6 Å². The number of β-amino-alcohol motifs (C(OH)–C–C–N with tert-alkyl or cyclic N) is 1. The highest BCUT2D eigenvalue weighted by molar-refractivity contribution is 6.06. The van der Waals surface area contributed by atoms with E-state index in [9.17, 15) is 9.90 Å². The molecule has 4 aromatic heterocycles. The molecule has 2 fully saturated rings. The van der Waals surface area contributed by atoms with E-state index >= 15 is 0 Å². The predicted octanol–water partition coefficient (Wildman–Crippen LogP) is 3.17. The standard InChI is InChI=1S/C32H37N11O3/c1-19-13-34-32(38-26-11-20(2)41(3)40-26)39-30(19)24-14-33-31-23(24)5-4-6-25(31)37-28(45)17-42-9-8-22(16-42)46-29-12-27(35-18-36-29)43-10-7-21(44)15-43/h4-6,11-14,18,21-22,33,44H,7-10,15-17H2,1-3H3,(H,37,45)(H,34,38,39,40)/t21-,22+/m1/s1. The minimum Gasteiger partial charge on any atom is -0.473 e. The van der Waals surface area contributed by atoms with Crippen molar-refractivity contribution in [1.29, 1.82) is 0 Å². The number of aromatic nitrogens is 7. The second kappa shape index (κ2) is 12.4. The summed E-state index contributed by atoms with van der Waals surface area (Å²) in [6.07, 6.45) is 6.31. The summed E-state index contributed by atoms with van der Waals surface area (Å²) in [5, 5.41) is 21.5. The van der Waals surface area contributed by atoms with Gasteiger partial charge in [-0.3, -0.25) is 14.4 Å². The number of hydrogen-bond acceptors (Lipinski definition) is 11. The van der Waals surface area contributed by atoms with Crippen LogP contribution in [0.2, 0.25) is 0 Å². The van der Waals surface area contributed by atoms with Gasteiger partial charge in [0.15, 0.2) is 5.82 Å². The number of aryl methyl sites for hydroxylation is 3. The molecule has 0 bridgehead atoms. The van der Waals surface area contributed by atoms with Gasteiger partial charge in [0.25, 0.3) is 0 Å². The quantitative estimate of drug-likeness (QED) is 0.191. The average molecular weight is 624 g/mol. The number of aliphatic hydroxyl groups is 1. The molecule has 14 nitrogen and oxygen atoms in total. The number of nitrogens with one attached hydrogen (secondary N) is 3. The van der Waals surface area contributed by atoms with Crippen molar-refractivity contribution in [3.63, 3.8) is 0 Å². The first-order chi connectivity index (χ1) is 22.3. The van der Waals surface area contributed by atoms with Crippen LogP contribution in [-0.2, 0) is 11.8 Å². The van der Waals surface area contributed by atoms with Gasteiger partial charge in [-0.25, -0.2) is 19.9 Å². The molecule has 2 aliphatic heterocycles. The number of carbonyl (C=O) groups is 1. The number of fused-ring (bicyclic) bond motifs is 1. The highest BCUT2D eigenvalue weighted by atomic mass is 16.5. The second-order valence-electron chi connectivity index (χ2n) is 12.0. The number of carbonyl (C=O) groups excluding carboxylic acids is 1. The van der Waals surface area contributed by atoms with Crippen LogP contribution in [0.1, 0.15) is 24.1 Å². The lowest BCUT2D eigenvalue weighted by Crippen LogP contribution is -2.33. The van der Waals surface area contributed by atoms with Gasteiger partial charge < -0.3 is 30.4 Å². The van der Waals surface area contributed by atoms with E-state index < -0.39 is 0 Å². The number of benzene rings is 1. The fourth-order valence-corrected chi connectivity index (χ4v) is 6.08. The zero-order valence-corrected chi connectivity index (χ0v) is 26.1. The van der Waals surface area contributed by atoms with Crippen molar-refractivity contribution in [2.75, 3.05) is 48.3 Å². The Labute approximate surface area is 265 Å². The second-order valence-corrected chi connectivity index (χ2v) is 12.0. The third kappa shape index (κ3) is 6.21. The van der Waals surface area contributed by atoms with Gasteiger partial charge in [0, 0.05) is 74.4 Å². The third-order valence-corrected chi connectivity index (χ3v) is 8.57. The van der Waals surface area contributed by atoms with E-state index in [1.165, 1.54) is 6.33 Å². The van der Waals surface area contributed by atoms with Gasteiger partial charge in [-0.2, -0.15) is 5.10 Å². The molecule has 5 aromatic rings. The van der Waals surface area contributed by atoms with E-state index in [2.05, 4.69) is 40.6 Å². The Morgan fingerprint density at radius 1 is 1.13 bits per heavy atom. The van der Waals surface area contributed by atoms with Crippen molar-refractivity contribution in [2.45, 2.75) is 38.9 Å². The normalized spacial score (nSPS) is 18.4. The smallest absolute Gasteiger partial charge is 0.238 e. The number of amides is 1. The van der Waals surface area contributed by atoms with Gasteiger partial charge in [0.2, 0.25) is 17.7 Å². The summed E-state index contributed by atoms with van der Waals surface area (Å²) in [6.45, 7) is 6.89. The summed E-state index contributed by atoms with van der Waals surface area (Å²) >= 11 is 0. The molecule has 0 radical (unpaired) electrons. The summed E-state index contributed by atoms with van der Waals surface area (Å²) in [5.74, 6) is 2.29. The van der Waals surface area contributed by atoms with E-state index in [0.29, 0.717) is 36.4 Å². The zero-order chi connectivity index (χ0) is 31.8. The van der Waals surface area contributed by atoms with Crippen molar-refractivity contribution in [2.24, 2.45) is 7.05 Å². The van der Waals surface area contributed by atoms with E-state index in [-0.39, 0.29) is 24.7 Å². The Kier molecular flexibility index (Phi) is 7.96. The molecule has 0 unspecified atom stereocenters. The van der Waals surface area contributed by atoms with Crippen LogP contribution >= 0.6 is 0 Å². The van der Waals surface area contributed by atoms with E-state index in [4.69, 9.17) is 9.72 Å².